The Bertz CT molecular complexity index is 777. The maximum atomic E-state index is 12.8. The van der Waals surface area contributed by atoms with Crippen LogP contribution < -0.4 is 5.56 Å². The second-order valence-electron chi connectivity index (χ2n) is 5.89. The fourth-order valence-corrected chi connectivity index (χ4v) is 3.66. The summed E-state index contributed by atoms with van der Waals surface area (Å²) in [5, 5.41) is 0.612. The van der Waals surface area contributed by atoms with Crippen molar-refractivity contribution in [3.63, 3.8) is 0 Å². The molecule has 2 aromatic rings. The van der Waals surface area contributed by atoms with E-state index in [1.165, 1.54) is 11.8 Å². The monoisotopic (exact) mass is 350 g/mol. The highest BCUT2D eigenvalue weighted by Gasteiger charge is 2.19. The van der Waals surface area contributed by atoms with Crippen LogP contribution in [0.2, 0.25) is 0 Å². The Morgan fingerprint density at radius 2 is 2.04 bits per heavy atom. The normalized spacial score (nSPS) is 12.5. The van der Waals surface area contributed by atoms with Gasteiger partial charge < -0.3 is 9.88 Å². The summed E-state index contributed by atoms with van der Waals surface area (Å²) in [4.78, 5) is 34.6. The lowest BCUT2D eigenvalue weighted by Gasteiger charge is -2.20. The maximum absolute atomic E-state index is 12.8. The lowest BCUT2D eigenvalue weighted by molar-refractivity contribution is -0.127. The fourth-order valence-electron chi connectivity index (χ4n) is 2.66. The summed E-state index contributed by atoms with van der Waals surface area (Å²) in [7, 11) is 0. The van der Waals surface area contributed by atoms with Crippen molar-refractivity contribution in [3.05, 3.63) is 22.1 Å². The molecule has 132 valence electrons. The topological polar surface area (TPSA) is 71.0 Å². The molecule has 0 spiro atoms. The Balaban J connectivity index is 2.40. The number of carbonyl (C=O) groups is 1. The molecule has 0 aliphatic rings. The molecule has 0 saturated carbocycles. The van der Waals surface area contributed by atoms with Crippen LogP contribution in [0, 0.1) is 6.92 Å². The SMILES string of the molecule is CCC(C)n1c(SCC(=O)N(CC)CC)nc2cc(C)[nH]c2c1=O. The first kappa shape index (κ1) is 18.6. The van der Waals surface area contributed by atoms with Gasteiger partial charge >= 0.3 is 0 Å². The minimum atomic E-state index is -0.0692. The predicted octanol–water partition coefficient (Wildman–Crippen LogP) is 2.96. The number of hydrogen-bond acceptors (Lipinski definition) is 4. The average Bonchev–Trinajstić information content (AvgIpc) is 2.94. The third-order valence-corrected chi connectivity index (χ3v) is 5.20. The highest BCUT2D eigenvalue weighted by atomic mass is 32.2. The molecule has 0 bridgehead atoms. The second kappa shape index (κ2) is 7.88. The number of nitrogens with one attached hydrogen (secondary N) is 1. The van der Waals surface area contributed by atoms with Gasteiger partial charge in [0.2, 0.25) is 5.91 Å². The molecule has 1 N–H and O–H groups in total. The van der Waals surface area contributed by atoms with E-state index >= 15 is 0 Å². The summed E-state index contributed by atoms with van der Waals surface area (Å²) in [5.41, 5.74) is 2.04. The molecule has 2 aromatic heterocycles. The maximum Gasteiger partial charge on any atom is 0.278 e. The zero-order valence-corrected chi connectivity index (χ0v) is 15.9. The van der Waals surface area contributed by atoms with Gasteiger partial charge in [-0.25, -0.2) is 4.98 Å². The first-order valence-corrected chi connectivity index (χ1v) is 9.43. The van der Waals surface area contributed by atoms with Crippen LogP contribution in [0.15, 0.2) is 16.0 Å². The van der Waals surface area contributed by atoms with Crippen LogP contribution in [0.4, 0.5) is 0 Å². The smallest absolute Gasteiger partial charge is 0.278 e. The molecule has 2 rings (SSSR count). The van der Waals surface area contributed by atoms with Crippen LogP contribution >= 0.6 is 11.8 Å². The summed E-state index contributed by atoms with van der Waals surface area (Å²) in [6, 6.07) is 1.90. The van der Waals surface area contributed by atoms with E-state index in [9.17, 15) is 9.59 Å². The minimum Gasteiger partial charge on any atom is -0.353 e. The molecule has 0 fully saturated rings. The van der Waals surface area contributed by atoms with Gasteiger partial charge in [0.1, 0.15) is 5.52 Å². The quantitative estimate of drug-likeness (QED) is 0.615. The number of thioether (sulfide) groups is 1. The van der Waals surface area contributed by atoms with Crippen molar-refractivity contribution in [2.75, 3.05) is 18.8 Å². The number of aromatic nitrogens is 3. The molecule has 0 aromatic carbocycles. The average molecular weight is 350 g/mol. The van der Waals surface area contributed by atoms with Gasteiger partial charge in [-0.2, -0.15) is 0 Å². The van der Waals surface area contributed by atoms with Gasteiger partial charge in [0, 0.05) is 24.8 Å². The van der Waals surface area contributed by atoms with Crippen LogP contribution in [-0.4, -0.2) is 44.2 Å². The zero-order chi connectivity index (χ0) is 17.9. The van der Waals surface area contributed by atoms with E-state index in [1.807, 2.05) is 40.7 Å². The number of aromatic amines is 1. The molecule has 1 unspecified atom stereocenters. The molecule has 0 radical (unpaired) electrons. The largest absolute Gasteiger partial charge is 0.353 e. The summed E-state index contributed by atoms with van der Waals surface area (Å²) >= 11 is 1.34. The molecule has 1 amide bonds. The summed E-state index contributed by atoms with van der Waals surface area (Å²) in [5.74, 6) is 0.361. The number of aryl methyl sites for hydroxylation is 1. The summed E-state index contributed by atoms with van der Waals surface area (Å²) in [6.45, 7) is 11.3. The van der Waals surface area contributed by atoms with E-state index in [4.69, 9.17) is 0 Å². The van der Waals surface area contributed by atoms with Gasteiger partial charge in [0.25, 0.3) is 5.56 Å². The van der Waals surface area contributed by atoms with Crippen molar-refractivity contribution in [3.8, 4) is 0 Å². The molecular formula is C17H26N4O2S. The van der Waals surface area contributed by atoms with Crippen molar-refractivity contribution < 1.29 is 4.79 Å². The number of fused-ring (bicyclic) bond motifs is 1. The third-order valence-electron chi connectivity index (χ3n) is 4.26. The lowest BCUT2D eigenvalue weighted by atomic mass is 10.2. The predicted molar refractivity (Wildman–Crippen MR) is 98.7 cm³/mol. The molecule has 1 atom stereocenters. The molecule has 24 heavy (non-hydrogen) atoms. The first-order chi connectivity index (χ1) is 11.4. The van der Waals surface area contributed by atoms with Crippen molar-refractivity contribution in [2.45, 2.75) is 52.2 Å². The first-order valence-electron chi connectivity index (χ1n) is 8.45. The van der Waals surface area contributed by atoms with E-state index in [1.54, 1.807) is 9.47 Å². The van der Waals surface area contributed by atoms with E-state index in [2.05, 4.69) is 9.97 Å². The molecule has 7 heteroatoms. The molecule has 0 aliphatic carbocycles. The number of hydrogen-bond donors (Lipinski definition) is 1. The van der Waals surface area contributed by atoms with E-state index in [0.29, 0.717) is 35.0 Å². The van der Waals surface area contributed by atoms with Crippen LogP contribution in [0.3, 0.4) is 0 Å². The van der Waals surface area contributed by atoms with Gasteiger partial charge in [-0.15, -0.1) is 0 Å². The zero-order valence-electron chi connectivity index (χ0n) is 15.0. The van der Waals surface area contributed by atoms with E-state index in [0.717, 1.165) is 12.1 Å². The van der Waals surface area contributed by atoms with E-state index < -0.39 is 0 Å². The van der Waals surface area contributed by atoms with Crippen molar-refractivity contribution >= 4 is 28.7 Å². The summed E-state index contributed by atoms with van der Waals surface area (Å²) < 4.78 is 1.71. The van der Waals surface area contributed by atoms with Gasteiger partial charge in [-0.1, -0.05) is 18.7 Å². The number of carbonyl (C=O) groups excluding carboxylic acids is 1. The number of amides is 1. The minimum absolute atomic E-state index is 0.0315. The molecule has 0 aliphatic heterocycles. The Hall–Kier alpha value is -1.76. The Labute approximate surface area is 146 Å². The number of H-pyrrole nitrogens is 1. The van der Waals surface area contributed by atoms with Gasteiger partial charge in [-0.05, 0) is 40.2 Å². The summed E-state index contributed by atoms with van der Waals surface area (Å²) in [6.07, 6.45) is 0.824. The van der Waals surface area contributed by atoms with Crippen molar-refractivity contribution in [1.82, 2.24) is 19.4 Å². The number of rotatable bonds is 7. The highest BCUT2D eigenvalue weighted by molar-refractivity contribution is 7.99. The third kappa shape index (κ3) is 3.66. The Kier molecular flexibility index (Phi) is 6.10. The van der Waals surface area contributed by atoms with E-state index in [-0.39, 0.29) is 17.5 Å². The van der Waals surface area contributed by atoms with Crippen molar-refractivity contribution in [2.24, 2.45) is 0 Å². The molecular weight excluding hydrogens is 324 g/mol. The second-order valence-corrected chi connectivity index (χ2v) is 6.84. The van der Waals surface area contributed by atoms with Crippen LogP contribution in [0.1, 0.15) is 45.9 Å². The van der Waals surface area contributed by atoms with Gasteiger partial charge in [-0.3, -0.25) is 14.2 Å². The lowest BCUT2D eigenvalue weighted by Crippen LogP contribution is -2.32. The Morgan fingerprint density at radius 1 is 1.38 bits per heavy atom. The molecule has 6 nitrogen and oxygen atoms in total. The van der Waals surface area contributed by atoms with Crippen LogP contribution in [-0.2, 0) is 4.79 Å². The number of nitrogens with zero attached hydrogens (tertiary/aromatic N) is 3. The fraction of sp³-hybridized carbons (Fsp3) is 0.588. The molecule has 2 heterocycles. The van der Waals surface area contributed by atoms with Gasteiger partial charge in [0.15, 0.2) is 5.16 Å². The van der Waals surface area contributed by atoms with Crippen molar-refractivity contribution in [1.29, 1.82) is 0 Å². The highest BCUT2D eigenvalue weighted by Crippen LogP contribution is 2.23. The van der Waals surface area contributed by atoms with Crippen LogP contribution in [0.5, 0.6) is 0 Å². The standard InChI is InChI=1S/C17H26N4O2S/c1-6-12(5)21-16(23)15-13(9-11(4)18-15)19-17(21)24-10-14(22)20(7-2)8-3/h9,12,18H,6-8,10H2,1-5H3. The van der Waals surface area contributed by atoms with Crippen LogP contribution in [0.25, 0.3) is 11.0 Å². The molecule has 0 saturated heterocycles. The Morgan fingerprint density at radius 3 is 2.62 bits per heavy atom. The van der Waals surface area contributed by atoms with Gasteiger partial charge in [0.05, 0.1) is 11.3 Å².